The molecule has 2 amide bonds. The highest BCUT2D eigenvalue weighted by Gasteiger charge is 2.46. The largest absolute Gasteiger partial charge is 0.301 e. The van der Waals surface area contributed by atoms with E-state index in [9.17, 15) is 9.59 Å². The van der Waals surface area contributed by atoms with Crippen molar-refractivity contribution in [2.75, 3.05) is 13.1 Å². The normalized spacial score (nSPS) is 32.2. The number of nitrogens with zero attached hydrogens (tertiary/aromatic N) is 1. The molecule has 0 aromatic carbocycles. The second kappa shape index (κ2) is 4.17. The van der Waals surface area contributed by atoms with Crippen LogP contribution in [-0.4, -0.2) is 35.8 Å². The van der Waals surface area contributed by atoms with Crippen molar-refractivity contribution >= 4 is 11.8 Å². The van der Waals surface area contributed by atoms with E-state index in [1.807, 2.05) is 0 Å². The molecule has 4 heteroatoms. The van der Waals surface area contributed by atoms with Crippen LogP contribution in [0.4, 0.5) is 0 Å². The lowest BCUT2D eigenvalue weighted by molar-refractivity contribution is -0.129. The SMILES string of the molecule is CC(C)N1CCCC2(CC1)CC(=O)NC2=O. The molecule has 0 radical (unpaired) electrons. The Balaban J connectivity index is 2.08. The molecule has 90 valence electrons. The molecular weight excluding hydrogens is 204 g/mol. The summed E-state index contributed by atoms with van der Waals surface area (Å²) in [6, 6.07) is 0.523. The first-order valence-electron chi connectivity index (χ1n) is 6.12. The monoisotopic (exact) mass is 224 g/mol. The van der Waals surface area contributed by atoms with Crippen molar-refractivity contribution in [3.8, 4) is 0 Å². The maximum Gasteiger partial charge on any atom is 0.233 e. The lowest BCUT2D eigenvalue weighted by Gasteiger charge is -2.26. The van der Waals surface area contributed by atoms with Crippen molar-refractivity contribution in [3.05, 3.63) is 0 Å². The van der Waals surface area contributed by atoms with Crippen LogP contribution >= 0.6 is 0 Å². The fraction of sp³-hybridized carbons (Fsp3) is 0.833. The summed E-state index contributed by atoms with van der Waals surface area (Å²) < 4.78 is 0. The van der Waals surface area contributed by atoms with Crippen LogP contribution in [0.3, 0.4) is 0 Å². The van der Waals surface area contributed by atoms with Gasteiger partial charge in [0, 0.05) is 12.5 Å². The molecule has 0 aliphatic carbocycles. The molecule has 0 saturated carbocycles. The van der Waals surface area contributed by atoms with Gasteiger partial charge in [-0.1, -0.05) is 0 Å². The number of rotatable bonds is 1. The minimum Gasteiger partial charge on any atom is -0.301 e. The second-order valence-electron chi connectivity index (χ2n) is 5.32. The van der Waals surface area contributed by atoms with Gasteiger partial charge in [-0.2, -0.15) is 0 Å². The molecule has 0 aromatic heterocycles. The van der Waals surface area contributed by atoms with E-state index in [1.54, 1.807) is 0 Å². The Hall–Kier alpha value is -0.900. The van der Waals surface area contributed by atoms with Gasteiger partial charge in [-0.3, -0.25) is 14.9 Å². The Bertz CT molecular complexity index is 314. The van der Waals surface area contributed by atoms with Gasteiger partial charge in [-0.05, 0) is 46.2 Å². The quantitative estimate of drug-likeness (QED) is 0.674. The maximum absolute atomic E-state index is 11.8. The van der Waals surface area contributed by atoms with Crippen molar-refractivity contribution in [2.24, 2.45) is 5.41 Å². The minimum absolute atomic E-state index is 0.0388. The number of likely N-dealkylation sites (tertiary alicyclic amines) is 1. The maximum atomic E-state index is 11.8. The van der Waals surface area contributed by atoms with Crippen LogP contribution in [0.1, 0.15) is 39.5 Å². The number of carbonyl (C=O) groups is 2. The van der Waals surface area contributed by atoms with Crippen molar-refractivity contribution in [1.29, 1.82) is 0 Å². The first-order chi connectivity index (χ1) is 7.53. The Morgan fingerprint density at radius 2 is 2.00 bits per heavy atom. The van der Waals surface area contributed by atoms with E-state index in [4.69, 9.17) is 0 Å². The molecule has 4 nitrogen and oxygen atoms in total. The summed E-state index contributed by atoms with van der Waals surface area (Å²) in [7, 11) is 0. The van der Waals surface area contributed by atoms with Crippen molar-refractivity contribution < 1.29 is 9.59 Å². The molecule has 0 aromatic rings. The van der Waals surface area contributed by atoms with Crippen LogP contribution in [0.2, 0.25) is 0 Å². The van der Waals surface area contributed by atoms with Gasteiger partial charge in [0.15, 0.2) is 0 Å². The summed E-state index contributed by atoms with van der Waals surface area (Å²) >= 11 is 0. The van der Waals surface area contributed by atoms with E-state index in [-0.39, 0.29) is 17.2 Å². The summed E-state index contributed by atoms with van der Waals surface area (Å²) in [6.07, 6.45) is 3.09. The molecule has 1 unspecified atom stereocenters. The Labute approximate surface area is 96.4 Å². The van der Waals surface area contributed by atoms with Gasteiger partial charge < -0.3 is 4.90 Å². The molecule has 16 heavy (non-hydrogen) atoms. The topological polar surface area (TPSA) is 49.4 Å². The molecule has 2 fully saturated rings. The summed E-state index contributed by atoms with van der Waals surface area (Å²) in [5.74, 6) is -0.133. The summed E-state index contributed by atoms with van der Waals surface area (Å²) in [5.41, 5.74) is -0.388. The van der Waals surface area contributed by atoms with Crippen LogP contribution in [0.25, 0.3) is 0 Å². The summed E-state index contributed by atoms with van der Waals surface area (Å²) in [4.78, 5) is 25.5. The predicted octanol–water partition coefficient (Wildman–Crippen LogP) is 0.914. The van der Waals surface area contributed by atoms with E-state index in [1.165, 1.54) is 0 Å². The Morgan fingerprint density at radius 1 is 1.25 bits per heavy atom. The third-order valence-electron chi connectivity index (χ3n) is 3.94. The lowest BCUT2D eigenvalue weighted by atomic mass is 9.79. The van der Waals surface area contributed by atoms with Crippen LogP contribution in [0.5, 0.6) is 0 Å². The van der Waals surface area contributed by atoms with Gasteiger partial charge in [-0.25, -0.2) is 0 Å². The molecule has 2 aliphatic rings. The van der Waals surface area contributed by atoms with E-state index in [0.29, 0.717) is 12.5 Å². The number of nitrogens with one attached hydrogen (secondary N) is 1. The number of hydrogen-bond acceptors (Lipinski definition) is 3. The fourth-order valence-electron chi connectivity index (χ4n) is 2.83. The number of amides is 2. The van der Waals surface area contributed by atoms with Gasteiger partial charge in [0.05, 0.1) is 5.41 Å². The van der Waals surface area contributed by atoms with Crippen molar-refractivity contribution in [1.82, 2.24) is 10.2 Å². The van der Waals surface area contributed by atoms with Crippen LogP contribution < -0.4 is 5.32 Å². The highest BCUT2D eigenvalue weighted by molar-refractivity contribution is 6.05. The molecule has 2 aliphatic heterocycles. The first-order valence-corrected chi connectivity index (χ1v) is 6.12. The molecular formula is C12H20N2O2. The van der Waals surface area contributed by atoms with Crippen LogP contribution in [0, 0.1) is 5.41 Å². The number of carbonyl (C=O) groups excluding carboxylic acids is 2. The fourth-order valence-corrected chi connectivity index (χ4v) is 2.83. The zero-order chi connectivity index (χ0) is 11.8. The second-order valence-corrected chi connectivity index (χ2v) is 5.32. The zero-order valence-electron chi connectivity index (χ0n) is 10.1. The van der Waals surface area contributed by atoms with Gasteiger partial charge in [-0.15, -0.1) is 0 Å². The van der Waals surface area contributed by atoms with E-state index in [0.717, 1.165) is 32.4 Å². The molecule has 2 heterocycles. The highest BCUT2D eigenvalue weighted by Crippen LogP contribution is 2.38. The average Bonchev–Trinajstić information content (AvgIpc) is 2.37. The molecule has 1 atom stereocenters. The Morgan fingerprint density at radius 3 is 2.56 bits per heavy atom. The average molecular weight is 224 g/mol. The molecule has 2 rings (SSSR count). The zero-order valence-corrected chi connectivity index (χ0v) is 10.1. The summed E-state index contributed by atoms with van der Waals surface area (Å²) in [6.45, 7) is 6.33. The van der Waals surface area contributed by atoms with Crippen LogP contribution in [-0.2, 0) is 9.59 Å². The van der Waals surface area contributed by atoms with E-state index in [2.05, 4.69) is 24.1 Å². The molecule has 1 spiro atoms. The molecule has 0 bridgehead atoms. The van der Waals surface area contributed by atoms with Gasteiger partial charge in [0.25, 0.3) is 0 Å². The standard InChI is InChI=1S/C12H20N2O2/c1-9(2)14-6-3-4-12(5-7-14)8-10(15)13-11(12)16/h9H,3-8H2,1-2H3,(H,13,15,16). The van der Waals surface area contributed by atoms with E-state index < -0.39 is 0 Å². The van der Waals surface area contributed by atoms with Gasteiger partial charge >= 0.3 is 0 Å². The molecule has 1 N–H and O–H groups in total. The molecule has 2 saturated heterocycles. The van der Waals surface area contributed by atoms with Gasteiger partial charge in [0.1, 0.15) is 0 Å². The van der Waals surface area contributed by atoms with E-state index >= 15 is 0 Å². The highest BCUT2D eigenvalue weighted by atomic mass is 16.2. The minimum atomic E-state index is -0.388. The third-order valence-corrected chi connectivity index (χ3v) is 3.94. The first kappa shape index (κ1) is 11.6. The van der Waals surface area contributed by atoms with Crippen molar-refractivity contribution in [3.63, 3.8) is 0 Å². The predicted molar refractivity (Wildman–Crippen MR) is 60.8 cm³/mol. The Kier molecular flexibility index (Phi) is 3.02. The van der Waals surface area contributed by atoms with Crippen LogP contribution in [0.15, 0.2) is 0 Å². The number of hydrogen-bond donors (Lipinski definition) is 1. The third kappa shape index (κ3) is 1.98. The van der Waals surface area contributed by atoms with Crippen molar-refractivity contribution in [2.45, 2.75) is 45.6 Å². The number of imide groups is 1. The van der Waals surface area contributed by atoms with Gasteiger partial charge in [0.2, 0.25) is 11.8 Å². The summed E-state index contributed by atoms with van der Waals surface area (Å²) in [5, 5.41) is 2.45. The lowest BCUT2D eigenvalue weighted by Crippen LogP contribution is -2.35. The smallest absolute Gasteiger partial charge is 0.233 e.